The highest BCUT2D eigenvalue weighted by atomic mass is 19.4. The average Bonchev–Trinajstić information content (AvgIpc) is 2.94. The van der Waals surface area contributed by atoms with Crippen LogP contribution in [0.25, 0.3) is 0 Å². The highest BCUT2D eigenvalue weighted by molar-refractivity contribution is 6.35. The Morgan fingerprint density at radius 3 is 0.788 bits per heavy atom. The van der Waals surface area contributed by atoms with Crippen LogP contribution < -0.4 is 0 Å². The topological polar surface area (TPSA) is 55.4 Å². The summed E-state index contributed by atoms with van der Waals surface area (Å²) in [7, 11) is -2.75. The van der Waals surface area contributed by atoms with Crippen molar-refractivity contribution >= 4 is 7.32 Å². The maximum Gasteiger partial charge on any atom is 0.725 e. The Labute approximate surface area is 284 Å². The lowest BCUT2D eigenvalue weighted by Gasteiger charge is -2.30. The minimum Gasteiger partial charge on any atom is -0.236 e. The molecule has 3 aromatic carbocycles. The van der Waals surface area contributed by atoms with Gasteiger partial charge in [0.15, 0.2) is 0 Å². The van der Waals surface area contributed by atoms with Crippen LogP contribution in [0, 0.1) is 34.9 Å². The van der Waals surface area contributed by atoms with Crippen LogP contribution in [0.3, 0.4) is 0 Å². The van der Waals surface area contributed by atoms with Gasteiger partial charge in [-0.3, -0.25) is 0 Å². The summed E-state index contributed by atoms with van der Waals surface area (Å²) in [6.45, 7) is 5.14. The van der Waals surface area contributed by atoms with Gasteiger partial charge in [0.1, 0.15) is 68.4 Å². The zero-order chi connectivity index (χ0) is 40.0. The van der Waals surface area contributed by atoms with E-state index in [2.05, 4.69) is 0 Å². The molecule has 0 aromatic heterocycles. The standard InChI is InChI=1S/C30H24BF15O6/c1-25(2,13-7-10-16(32)19(22(13)35)28(38,39)40)47-50-31(51-48-26(3,4)14-8-11-17(33)20(23(14)36)29(41,42)43)52-49-27(5,6)15-9-12-18(34)21(24(15)37)30(44,45)46/h7-12H,1-6H3. The van der Waals surface area contributed by atoms with Gasteiger partial charge in [0.2, 0.25) is 0 Å². The minimum absolute atomic E-state index is 0.229. The van der Waals surface area contributed by atoms with E-state index in [4.69, 9.17) is 29.1 Å². The molecule has 0 saturated heterocycles. The summed E-state index contributed by atoms with van der Waals surface area (Å²) >= 11 is 0. The van der Waals surface area contributed by atoms with Gasteiger partial charge in [-0.1, -0.05) is 18.2 Å². The van der Waals surface area contributed by atoms with E-state index in [1.54, 1.807) is 0 Å². The van der Waals surface area contributed by atoms with Crippen molar-refractivity contribution in [3.63, 3.8) is 0 Å². The molecule has 288 valence electrons. The third-order valence-electron chi connectivity index (χ3n) is 7.07. The second kappa shape index (κ2) is 14.7. The summed E-state index contributed by atoms with van der Waals surface area (Å²) in [6.07, 6.45) is -16.6. The summed E-state index contributed by atoms with van der Waals surface area (Å²) in [5.74, 6) is -12.5. The first kappa shape index (κ1) is 42.8. The van der Waals surface area contributed by atoms with E-state index in [0.717, 1.165) is 41.5 Å². The molecule has 0 saturated carbocycles. The SMILES string of the molecule is CC(C)(OOB(OOC(C)(C)c1ccc(F)c(C(F)(F)F)c1F)OOC(C)(C)c1ccc(F)c(C(F)(F)F)c1F)c1ccc(F)c(C(F)(F)F)c1F. The number of alkyl halides is 9. The van der Waals surface area contributed by atoms with Crippen molar-refractivity contribution in [2.75, 3.05) is 0 Å². The summed E-state index contributed by atoms with van der Waals surface area (Å²) in [5, 5.41) is 0. The van der Waals surface area contributed by atoms with Crippen molar-refractivity contribution in [1.29, 1.82) is 0 Å². The summed E-state index contributed by atoms with van der Waals surface area (Å²) < 4.78 is 206. The Hall–Kier alpha value is -3.57. The molecule has 0 radical (unpaired) electrons. The number of benzene rings is 3. The van der Waals surface area contributed by atoms with Crippen LogP contribution >= 0.6 is 0 Å². The van der Waals surface area contributed by atoms with Crippen molar-refractivity contribution in [2.45, 2.75) is 76.9 Å². The average molecular weight is 776 g/mol. The molecule has 0 aliphatic rings. The first-order valence-electron chi connectivity index (χ1n) is 14.1. The lowest BCUT2D eigenvalue weighted by Crippen LogP contribution is -2.38. The molecule has 0 fully saturated rings. The Morgan fingerprint density at radius 1 is 0.385 bits per heavy atom. The van der Waals surface area contributed by atoms with Gasteiger partial charge in [-0.2, -0.15) is 39.5 Å². The molecule has 22 heteroatoms. The second-order valence-corrected chi connectivity index (χ2v) is 12.2. The molecule has 0 bridgehead atoms. The van der Waals surface area contributed by atoms with Crippen LogP contribution in [0.4, 0.5) is 65.9 Å². The summed E-state index contributed by atoms with van der Waals surface area (Å²) in [5.41, 5.74) is -17.1. The predicted molar refractivity (Wildman–Crippen MR) is 145 cm³/mol. The summed E-state index contributed by atoms with van der Waals surface area (Å²) in [4.78, 5) is 29.1. The number of rotatable bonds is 12. The molecule has 0 spiro atoms. The quantitative estimate of drug-likeness (QED) is 0.0790. The largest absolute Gasteiger partial charge is 0.725 e. The molecule has 6 nitrogen and oxygen atoms in total. The molecule has 0 aliphatic carbocycles. The van der Waals surface area contributed by atoms with E-state index in [1.165, 1.54) is 0 Å². The number of halogens is 15. The van der Waals surface area contributed by atoms with E-state index in [1.807, 2.05) is 0 Å². The van der Waals surface area contributed by atoms with E-state index in [0.29, 0.717) is 18.2 Å². The van der Waals surface area contributed by atoms with Crippen molar-refractivity contribution in [3.05, 3.63) is 105 Å². The Bertz CT molecular complexity index is 1570. The smallest absolute Gasteiger partial charge is 0.236 e. The maximum atomic E-state index is 14.9. The molecule has 3 rings (SSSR count). The molecule has 0 N–H and O–H groups in total. The first-order valence-corrected chi connectivity index (χ1v) is 14.1. The molecule has 52 heavy (non-hydrogen) atoms. The third kappa shape index (κ3) is 9.32. The molecule has 0 amide bonds. The Morgan fingerprint density at radius 2 is 0.596 bits per heavy atom. The molecular formula is C30H24BF15O6. The maximum absolute atomic E-state index is 14.9. The number of hydrogen-bond acceptors (Lipinski definition) is 6. The van der Waals surface area contributed by atoms with Gasteiger partial charge in [-0.25, -0.2) is 55.4 Å². The first-order chi connectivity index (χ1) is 23.4. The Kier molecular flexibility index (Phi) is 12.1. The van der Waals surface area contributed by atoms with Gasteiger partial charge in [-0.05, 0) is 59.7 Å². The predicted octanol–water partition coefficient (Wildman–Crippen LogP) is 10.5. The van der Waals surface area contributed by atoms with Crippen molar-refractivity contribution in [3.8, 4) is 0 Å². The normalized spacial score (nSPS) is 13.6. The van der Waals surface area contributed by atoms with Crippen LogP contribution in [0.1, 0.15) is 74.9 Å². The van der Waals surface area contributed by atoms with Crippen LogP contribution in [-0.4, -0.2) is 7.32 Å². The zero-order valence-electron chi connectivity index (χ0n) is 27.2. The molecule has 3 aromatic rings. The zero-order valence-corrected chi connectivity index (χ0v) is 27.2. The van der Waals surface area contributed by atoms with Crippen LogP contribution in [0.15, 0.2) is 36.4 Å². The fraction of sp³-hybridized carbons (Fsp3) is 0.400. The van der Waals surface area contributed by atoms with Crippen molar-refractivity contribution < 1.29 is 94.9 Å². The lowest BCUT2D eigenvalue weighted by molar-refractivity contribution is -0.406. The van der Waals surface area contributed by atoms with Crippen LogP contribution in [0.2, 0.25) is 0 Å². The molecule has 0 aliphatic heterocycles. The minimum atomic E-state index is -5.54. The monoisotopic (exact) mass is 776 g/mol. The second-order valence-electron chi connectivity index (χ2n) is 12.2. The van der Waals surface area contributed by atoms with Gasteiger partial charge < -0.3 is 0 Å². The third-order valence-corrected chi connectivity index (χ3v) is 7.07. The highest BCUT2D eigenvalue weighted by Crippen LogP contribution is 2.41. The molecule has 0 unspecified atom stereocenters. The van der Waals surface area contributed by atoms with E-state index in [-0.39, 0.29) is 18.2 Å². The van der Waals surface area contributed by atoms with E-state index >= 15 is 0 Å². The Balaban J connectivity index is 1.99. The van der Waals surface area contributed by atoms with Crippen LogP contribution in [0.5, 0.6) is 0 Å². The molecular weight excluding hydrogens is 752 g/mol. The molecule has 0 atom stereocenters. The fourth-order valence-corrected chi connectivity index (χ4v) is 4.49. The van der Waals surface area contributed by atoms with Gasteiger partial charge in [0.25, 0.3) is 0 Å². The van der Waals surface area contributed by atoms with Gasteiger partial charge in [0, 0.05) is 16.7 Å². The van der Waals surface area contributed by atoms with Gasteiger partial charge in [-0.15, -0.1) is 0 Å². The summed E-state index contributed by atoms with van der Waals surface area (Å²) in [6, 6.07) is 2.24. The van der Waals surface area contributed by atoms with Crippen molar-refractivity contribution in [1.82, 2.24) is 0 Å². The molecule has 0 heterocycles. The van der Waals surface area contributed by atoms with Crippen LogP contribution in [-0.2, 0) is 64.4 Å². The van der Waals surface area contributed by atoms with E-state index < -0.39 is 111 Å². The lowest BCUT2D eigenvalue weighted by atomic mass is 9.95. The van der Waals surface area contributed by atoms with Gasteiger partial charge in [0.05, 0.1) is 0 Å². The van der Waals surface area contributed by atoms with Gasteiger partial charge >= 0.3 is 25.9 Å². The number of hydrogen-bond donors (Lipinski definition) is 0. The van der Waals surface area contributed by atoms with Crippen molar-refractivity contribution in [2.24, 2.45) is 0 Å². The fourth-order valence-electron chi connectivity index (χ4n) is 4.49. The van der Waals surface area contributed by atoms with E-state index in [9.17, 15) is 65.9 Å². The highest BCUT2D eigenvalue weighted by Gasteiger charge is 2.46.